The molecule has 1 aliphatic rings. The first kappa shape index (κ1) is 17.8. The number of ether oxygens (including phenoxy) is 2. The number of rotatable bonds is 2. The van der Waals surface area contributed by atoms with Crippen molar-refractivity contribution in [2.75, 3.05) is 13.2 Å². The zero-order chi connectivity index (χ0) is 20.9. The Balaban J connectivity index is 1.73. The Morgan fingerprint density at radius 3 is 2.39 bits per heavy atom. The standard InChI is InChI=1S/C24H15F2N3O2/c25-15-6-7-20(18(26)10-15)29-24-16-11-21-22(31-9-8-30-21)12-19(16)27-13-17(24)23(28-29)14-4-2-1-3-5-14/h1-7,10-13H,8-9H2. The molecule has 6 rings (SSSR count). The van der Waals surface area contributed by atoms with Gasteiger partial charge in [0.2, 0.25) is 0 Å². The fourth-order valence-corrected chi connectivity index (χ4v) is 3.96. The van der Waals surface area contributed by atoms with Crippen LogP contribution >= 0.6 is 0 Å². The predicted molar refractivity (Wildman–Crippen MR) is 113 cm³/mol. The van der Waals surface area contributed by atoms with Crippen molar-refractivity contribution in [2.24, 2.45) is 0 Å². The lowest BCUT2D eigenvalue weighted by atomic mass is 10.1. The second kappa shape index (κ2) is 6.77. The maximum atomic E-state index is 14.8. The van der Waals surface area contributed by atoms with Gasteiger partial charge in [0.25, 0.3) is 0 Å². The van der Waals surface area contributed by atoms with E-state index in [1.54, 1.807) is 6.20 Å². The van der Waals surface area contributed by atoms with E-state index in [-0.39, 0.29) is 5.69 Å². The summed E-state index contributed by atoms with van der Waals surface area (Å²) in [7, 11) is 0. The van der Waals surface area contributed by atoms with E-state index in [2.05, 4.69) is 4.98 Å². The minimum atomic E-state index is -0.702. The molecule has 5 aromatic rings. The Labute approximate surface area is 175 Å². The molecule has 5 nitrogen and oxygen atoms in total. The van der Waals surface area contributed by atoms with Crippen LogP contribution in [0.4, 0.5) is 8.78 Å². The normalized spacial score (nSPS) is 13.1. The summed E-state index contributed by atoms with van der Waals surface area (Å²) in [6.07, 6.45) is 1.72. The molecule has 152 valence electrons. The van der Waals surface area contributed by atoms with E-state index in [1.165, 1.54) is 16.8 Å². The number of halogens is 2. The van der Waals surface area contributed by atoms with Gasteiger partial charge in [-0.15, -0.1) is 0 Å². The third-order valence-corrected chi connectivity index (χ3v) is 5.36. The second-order valence-electron chi connectivity index (χ2n) is 7.26. The number of hydrogen-bond donors (Lipinski definition) is 0. The summed E-state index contributed by atoms with van der Waals surface area (Å²) in [5, 5.41) is 6.21. The van der Waals surface area contributed by atoms with E-state index in [0.29, 0.717) is 41.4 Å². The van der Waals surface area contributed by atoms with E-state index in [9.17, 15) is 8.78 Å². The van der Waals surface area contributed by atoms with Crippen LogP contribution in [0.3, 0.4) is 0 Å². The van der Waals surface area contributed by atoms with Crippen LogP contribution in [0.2, 0.25) is 0 Å². The van der Waals surface area contributed by atoms with Crippen LogP contribution in [-0.2, 0) is 0 Å². The summed E-state index contributed by atoms with van der Waals surface area (Å²) in [5.41, 5.74) is 3.00. The zero-order valence-electron chi connectivity index (χ0n) is 16.2. The minimum absolute atomic E-state index is 0.149. The van der Waals surface area contributed by atoms with Crippen LogP contribution in [0.25, 0.3) is 38.8 Å². The van der Waals surface area contributed by atoms with Gasteiger partial charge in [0.15, 0.2) is 17.3 Å². The highest BCUT2D eigenvalue weighted by molar-refractivity contribution is 6.09. The van der Waals surface area contributed by atoms with E-state index in [4.69, 9.17) is 14.6 Å². The molecule has 3 aromatic carbocycles. The van der Waals surface area contributed by atoms with E-state index < -0.39 is 11.6 Å². The van der Waals surface area contributed by atoms with Crippen LogP contribution < -0.4 is 9.47 Å². The first-order valence-corrected chi connectivity index (χ1v) is 9.81. The molecule has 2 aromatic heterocycles. The molecule has 0 fully saturated rings. The average molecular weight is 415 g/mol. The molecule has 31 heavy (non-hydrogen) atoms. The first-order valence-electron chi connectivity index (χ1n) is 9.81. The lowest BCUT2D eigenvalue weighted by molar-refractivity contribution is 0.172. The average Bonchev–Trinajstić information content (AvgIpc) is 3.18. The van der Waals surface area contributed by atoms with Gasteiger partial charge in [-0.25, -0.2) is 13.5 Å². The molecular weight excluding hydrogens is 400 g/mol. The van der Waals surface area contributed by atoms with Crippen LogP contribution in [0, 0.1) is 11.6 Å². The maximum Gasteiger partial charge on any atom is 0.163 e. The third kappa shape index (κ3) is 2.81. The first-order chi connectivity index (χ1) is 15.2. The molecule has 0 N–H and O–H groups in total. The smallest absolute Gasteiger partial charge is 0.163 e. The van der Waals surface area contributed by atoms with Crippen LogP contribution in [0.15, 0.2) is 66.9 Å². The summed E-state index contributed by atoms with van der Waals surface area (Å²) in [6, 6.07) is 16.7. The van der Waals surface area contributed by atoms with Gasteiger partial charge < -0.3 is 9.47 Å². The summed E-state index contributed by atoms with van der Waals surface area (Å²) in [5.74, 6) is -0.131. The van der Waals surface area contributed by atoms with Crippen molar-refractivity contribution < 1.29 is 18.3 Å². The Morgan fingerprint density at radius 2 is 1.61 bits per heavy atom. The monoisotopic (exact) mass is 415 g/mol. The molecule has 0 radical (unpaired) electrons. The van der Waals surface area contributed by atoms with Crippen molar-refractivity contribution in [3.63, 3.8) is 0 Å². The molecule has 7 heteroatoms. The minimum Gasteiger partial charge on any atom is -0.486 e. The van der Waals surface area contributed by atoms with Gasteiger partial charge in [0.1, 0.15) is 30.4 Å². The third-order valence-electron chi connectivity index (χ3n) is 5.36. The number of fused-ring (bicyclic) bond motifs is 4. The summed E-state index contributed by atoms with van der Waals surface area (Å²) in [6.45, 7) is 0.917. The van der Waals surface area contributed by atoms with Gasteiger partial charge >= 0.3 is 0 Å². The van der Waals surface area contributed by atoms with E-state index in [0.717, 1.165) is 22.4 Å². The number of benzene rings is 3. The highest BCUT2D eigenvalue weighted by atomic mass is 19.1. The van der Waals surface area contributed by atoms with Crippen LogP contribution in [0.1, 0.15) is 0 Å². The largest absolute Gasteiger partial charge is 0.486 e. The molecule has 3 heterocycles. The Kier molecular flexibility index (Phi) is 3.89. The number of hydrogen-bond acceptors (Lipinski definition) is 4. The molecule has 0 atom stereocenters. The Bertz CT molecular complexity index is 1460. The maximum absolute atomic E-state index is 14.8. The van der Waals surface area contributed by atoms with E-state index in [1.807, 2.05) is 42.5 Å². The quantitative estimate of drug-likeness (QED) is 0.393. The van der Waals surface area contributed by atoms with Crippen molar-refractivity contribution >= 4 is 21.8 Å². The fraction of sp³-hybridized carbons (Fsp3) is 0.0833. The molecule has 0 spiro atoms. The van der Waals surface area contributed by atoms with Crippen molar-refractivity contribution in [2.45, 2.75) is 0 Å². The van der Waals surface area contributed by atoms with Gasteiger partial charge in [-0.3, -0.25) is 4.98 Å². The Morgan fingerprint density at radius 1 is 0.839 bits per heavy atom. The van der Waals surface area contributed by atoms with Gasteiger partial charge in [-0.05, 0) is 18.2 Å². The summed E-state index contributed by atoms with van der Waals surface area (Å²) in [4.78, 5) is 4.60. The van der Waals surface area contributed by atoms with Gasteiger partial charge in [0.05, 0.1) is 11.0 Å². The van der Waals surface area contributed by atoms with E-state index >= 15 is 0 Å². The van der Waals surface area contributed by atoms with Crippen molar-refractivity contribution in [3.05, 3.63) is 78.5 Å². The highest BCUT2D eigenvalue weighted by Crippen LogP contribution is 2.39. The lowest BCUT2D eigenvalue weighted by Crippen LogP contribution is -2.15. The highest BCUT2D eigenvalue weighted by Gasteiger charge is 2.21. The molecule has 1 aliphatic heterocycles. The van der Waals surface area contributed by atoms with Gasteiger partial charge in [-0.1, -0.05) is 30.3 Å². The van der Waals surface area contributed by atoms with Crippen LogP contribution in [0.5, 0.6) is 11.5 Å². The molecule has 0 bridgehead atoms. The van der Waals surface area contributed by atoms with Crippen molar-refractivity contribution in [3.8, 4) is 28.4 Å². The topological polar surface area (TPSA) is 49.2 Å². The SMILES string of the molecule is Fc1ccc(-n2nc(-c3ccccc3)c3cnc4cc5c(cc4c32)OCCO5)c(F)c1. The summed E-state index contributed by atoms with van der Waals surface area (Å²) < 4.78 is 41.3. The molecule has 0 saturated carbocycles. The lowest BCUT2D eigenvalue weighted by Gasteiger charge is -2.19. The van der Waals surface area contributed by atoms with Crippen molar-refractivity contribution in [1.82, 2.24) is 14.8 Å². The number of pyridine rings is 1. The zero-order valence-corrected chi connectivity index (χ0v) is 16.2. The Hall–Kier alpha value is -4.00. The fourth-order valence-electron chi connectivity index (χ4n) is 3.96. The molecule has 0 amide bonds. The molecular formula is C24H15F2N3O2. The van der Waals surface area contributed by atoms with Crippen molar-refractivity contribution in [1.29, 1.82) is 0 Å². The van der Waals surface area contributed by atoms with Crippen LogP contribution in [-0.4, -0.2) is 28.0 Å². The molecule has 0 aliphatic carbocycles. The van der Waals surface area contributed by atoms with Gasteiger partial charge in [-0.2, -0.15) is 5.10 Å². The number of aromatic nitrogens is 3. The predicted octanol–water partition coefficient (Wildman–Crippen LogP) is 5.29. The second-order valence-corrected chi connectivity index (χ2v) is 7.26. The summed E-state index contributed by atoms with van der Waals surface area (Å²) >= 11 is 0. The molecule has 0 saturated heterocycles. The number of nitrogens with zero attached hydrogens (tertiary/aromatic N) is 3. The molecule has 0 unspecified atom stereocenters. The van der Waals surface area contributed by atoms with Gasteiger partial charge in [0, 0.05) is 34.7 Å².